The topological polar surface area (TPSA) is 210 Å². The first-order chi connectivity index (χ1) is 29.5. The van der Waals surface area contributed by atoms with Crippen LogP contribution in [0.25, 0.3) is 22.5 Å². The Bertz CT molecular complexity index is 2150. The quantitative estimate of drug-likeness (QED) is 0.0975. The van der Waals surface area contributed by atoms with Crippen LogP contribution in [0.15, 0.2) is 72.8 Å². The number of para-hydroxylation sites is 1. The molecular weight excluding hydrogens is 791 g/mol. The van der Waals surface area contributed by atoms with Gasteiger partial charge in [0.2, 0.25) is 23.5 Å². The Hall–Kier alpha value is -6.32. The van der Waals surface area contributed by atoms with Gasteiger partial charge in [0.25, 0.3) is 0 Å². The van der Waals surface area contributed by atoms with Crippen molar-refractivity contribution in [1.82, 2.24) is 36.2 Å². The molecule has 1 saturated heterocycles. The number of nitrogens with one attached hydrogen (secondary N) is 5. The number of tetrazole rings is 1. The molecule has 5 amide bonds. The summed E-state index contributed by atoms with van der Waals surface area (Å²) in [6, 6.07) is 21.5. The van der Waals surface area contributed by atoms with E-state index in [1.807, 2.05) is 90.1 Å². The van der Waals surface area contributed by atoms with Crippen LogP contribution < -0.4 is 21.3 Å². The standard InChI is InChI=1S/C46H59N9O7/c1-45(2,3)61-43(59)47-28-30-13-17-33(18-14-30)40(56)50-38(42(58)48-35-21-19-32(20-22-35)39-51-53-54-52-39)27-29-11-15-31(16-12-29)36-9-7-8-10-37(36)49-41(57)34-23-25-55(26-24-34)44(60)62-46(4,5)6/h7-12,15-16,19-22,30,33-34,38H,13-14,17-18,23-28H2,1-6H3,(H,47,59)(H,48,58)(H,49,57)(H,50,56)(H,51,52,53,54)/t30-,33-,38-/m0/s1. The lowest BCUT2D eigenvalue weighted by Gasteiger charge is -2.33. The van der Waals surface area contributed by atoms with Crippen molar-refractivity contribution in [3.63, 3.8) is 0 Å². The van der Waals surface area contributed by atoms with Crippen molar-refractivity contribution in [3.8, 4) is 22.5 Å². The van der Waals surface area contributed by atoms with E-state index in [2.05, 4.69) is 41.9 Å². The van der Waals surface area contributed by atoms with Crippen molar-refractivity contribution in [2.75, 3.05) is 30.3 Å². The fourth-order valence-corrected chi connectivity index (χ4v) is 7.67. The van der Waals surface area contributed by atoms with E-state index in [9.17, 15) is 24.0 Å². The molecule has 2 fully saturated rings. The lowest BCUT2D eigenvalue weighted by atomic mass is 9.81. The van der Waals surface area contributed by atoms with Crippen LogP contribution in [-0.4, -0.2) is 92.3 Å². The summed E-state index contributed by atoms with van der Waals surface area (Å²) in [6.45, 7) is 12.3. The van der Waals surface area contributed by atoms with Crippen molar-refractivity contribution < 1.29 is 33.4 Å². The van der Waals surface area contributed by atoms with Crippen LogP contribution >= 0.6 is 0 Å². The summed E-state index contributed by atoms with van der Waals surface area (Å²) in [7, 11) is 0. The molecule has 16 nitrogen and oxygen atoms in total. The van der Waals surface area contributed by atoms with Gasteiger partial charge in [-0.15, -0.1) is 10.2 Å². The molecule has 0 radical (unpaired) electrons. The molecule has 62 heavy (non-hydrogen) atoms. The van der Waals surface area contributed by atoms with Crippen molar-refractivity contribution in [2.45, 2.75) is 104 Å². The Morgan fingerprint density at radius 1 is 0.742 bits per heavy atom. The highest BCUT2D eigenvalue weighted by Crippen LogP contribution is 2.31. The highest BCUT2D eigenvalue weighted by Gasteiger charge is 2.32. The molecule has 330 valence electrons. The van der Waals surface area contributed by atoms with Gasteiger partial charge in [-0.2, -0.15) is 5.21 Å². The van der Waals surface area contributed by atoms with Crippen molar-refractivity contribution in [3.05, 3.63) is 78.4 Å². The monoisotopic (exact) mass is 849 g/mol. The normalized spacial score (nSPS) is 17.6. The number of ether oxygens (including phenoxy) is 2. The Balaban J connectivity index is 1.09. The van der Waals surface area contributed by atoms with Gasteiger partial charge in [0, 0.05) is 60.4 Å². The molecule has 0 spiro atoms. The zero-order valence-electron chi connectivity index (χ0n) is 36.5. The molecule has 0 bridgehead atoms. The van der Waals surface area contributed by atoms with Gasteiger partial charge in [-0.05, 0) is 133 Å². The number of rotatable bonds is 12. The Morgan fingerprint density at radius 3 is 2.00 bits per heavy atom. The minimum Gasteiger partial charge on any atom is -0.444 e. The molecule has 1 aliphatic heterocycles. The van der Waals surface area contributed by atoms with Crippen molar-refractivity contribution in [2.24, 2.45) is 17.8 Å². The van der Waals surface area contributed by atoms with E-state index in [0.717, 1.165) is 35.1 Å². The number of benzene rings is 3. The van der Waals surface area contributed by atoms with Crippen LogP contribution in [0.3, 0.4) is 0 Å². The number of anilines is 2. The van der Waals surface area contributed by atoms with Crippen LogP contribution in [0.1, 0.15) is 85.6 Å². The number of nitrogens with zero attached hydrogens (tertiary/aromatic N) is 4. The zero-order valence-corrected chi connectivity index (χ0v) is 36.5. The number of piperidine rings is 1. The highest BCUT2D eigenvalue weighted by molar-refractivity contribution is 5.98. The average Bonchev–Trinajstić information content (AvgIpc) is 3.78. The molecule has 1 aliphatic carbocycles. The van der Waals surface area contributed by atoms with Crippen molar-refractivity contribution >= 4 is 41.3 Å². The summed E-state index contributed by atoms with van der Waals surface area (Å²) in [6.07, 6.45) is 3.27. The molecule has 4 aromatic rings. The molecule has 6 rings (SSSR count). The van der Waals surface area contributed by atoms with Gasteiger partial charge in [-0.1, -0.05) is 42.5 Å². The Morgan fingerprint density at radius 2 is 1.37 bits per heavy atom. The third-order valence-corrected chi connectivity index (χ3v) is 10.9. The summed E-state index contributed by atoms with van der Waals surface area (Å²) in [4.78, 5) is 67.6. The third-order valence-electron chi connectivity index (χ3n) is 10.9. The second-order valence-corrected chi connectivity index (χ2v) is 18.1. The van der Waals surface area contributed by atoms with E-state index in [0.29, 0.717) is 62.5 Å². The van der Waals surface area contributed by atoms with Gasteiger partial charge in [0.05, 0.1) is 0 Å². The number of amides is 5. The summed E-state index contributed by atoms with van der Waals surface area (Å²) in [5.74, 6) is -0.525. The summed E-state index contributed by atoms with van der Waals surface area (Å²) < 4.78 is 10.9. The molecular formula is C46H59N9O7. The summed E-state index contributed by atoms with van der Waals surface area (Å²) in [5.41, 5.74) is 3.30. The molecule has 5 N–H and O–H groups in total. The molecule has 16 heteroatoms. The maximum atomic E-state index is 13.9. The van der Waals surface area contributed by atoms with Gasteiger partial charge >= 0.3 is 12.2 Å². The maximum Gasteiger partial charge on any atom is 0.410 e. The predicted molar refractivity (Wildman–Crippen MR) is 235 cm³/mol. The van der Waals surface area contributed by atoms with Gasteiger partial charge in [0.1, 0.15) is 17.2 Å². The third kappa shape index (κ3) is 13.1. The molecule has 0 unspecified atom stereocenters. The van der Waals surface area contributed by atoms with Gasteiger partial charge in [-0.3, -0.25) is 14.4 Å². The van der Waals surface area contributed by atoms with Crippen molar-refractivity contribution in [1.29, 1.82) is 0 Å². The zero-order chi connectivity index (χ0) is 44.4. The predicted octanol–water partition coefficient (Wildman–Crippen LogP) is 7.12. The molecule has 2 heterocycles. The second-order valence-electron chi connectivity index (χ2n) is 18.1. The smallest absolute Gasteiger partial charge is 0.410 e. The van der Waals surface area contributed by atoms with E-state index in [-0.39, 0.29) is 48.0 Å². The minimum absolute atomic E-state index is 0.0992. The fraction of sp³-hybridized carbons (Fsp3) is 0.478. The first kappa shape index (κ1) is 45.2. The first-order valence-electron chi connectivity index (χ1n) is 21.4. The summed E-state index contributed by atoms with van der Waals surface area (Å²) >= 11 is 0. The van der Waals surface area contributed by atoms with Crippen LogP contribution in [0.2, 0.25) is 0 Å². The Kier molecular flexibility index (Phi) is 14.6. The molecule has 1 atom stereocenters. The lowest BCUT2D eigenvalue weighted by molar-refractivity contribution is -0.130. The van der Waals surface area contributed by atoms with Crippen LogP contribution in [0.4, 0.5) is 21.0 Å². The number of likely N-dealkylation sites (tertiary alicyclic amines) is 1. The average molecular weight is 850 g/mol. The molecule has 1 saturated carbocycles. The number of H-pyrrole nitrogens is 1. The van der Waals surface area contributed by atoms with Crippen LogP contribution in [0, 0.1) is 17.8 Å². The number of hydrogen-bond acceptors (Lipinski definition) is 10. The summed E-state index contributed by atoms with van der Waals surface area (Å²) in [5, 5.41) is 26.0. The van der Waals surface area contributed by atoms with E-state index < -0.39 is 23.3 Å². The number of hydrogen-bond donors (Lipinski definition) is 5. The number of alkyl carbamates (subject to hydrolysis) is 1. The van der Waals surface area contributed by atoms with E-state index >= 15 is 0 Å². The largest absolute Gasteiger partial charge is 0.444 e. The van der Waals surface area contributed by atoms with Gasteiger partial charge in [-0.25, -0.2) is 9.59 Å². The van der Waals surface area contributed by atoms with Gasteiger partial charge in [0.15, 0.2) is 0 Å². The van der Waals surface area contributed by atoms with E-state index in [4.69, 9.17) is 9.47 Å². The SMILES string of the molecule is CC(C)(C)OC(=O)NC[C@H]1CC[C@H](C(=O)N[C@@H](Cc2ccc(-c3ccccc3NC(=O)C3CCN(C(=O)OC(C)(C)C)CC3)cc2)C(=O)Nc2ccc(-c3nn[nH]n3)cc2)CC1. The van der Waals surface area contributed by atoms with Gasteiger partial charge < -0.3 is 35.6 Å². The highest BCUT2D eigenvalue weighted by atomic mass is 16.6. The molecule has 2 aliphatic rings. The first-order valence-corrected chi connectivity index (χ1v) is 21.4. The second kappa shape index (κ2) is 20.0. The minimum atomic E-state index is -0.884. The van der Waals surface area contributed by atoms with Crippen LogP contribution in [-0.2, 0) is 30.3 Å². The molecule has 3 aromatic carbocycles. The van der Waals surface area contributed by atoms with E-state index in [1.165, 1.54) is 0 Å². The maximum absolute atomic E-state index is 13.9. The number of carbonyl (C=O) groups excluding carboxylic acids is 5. The van der Waals surface area contributed by atoms with E-state index in [1.54, 1.807) is 29.2 Å². The Labute approximate surface area is 362 Å². The number of aromatic nitrogens is 4. The number of aromatic amines is 1. The molecule has 1 aromatic heterocycles. The van der Waals surface area contributed by atoms with Crippen LogP contribution in [0.5, 0.6) is 0 Å². The lowest BCUT2D eigenvalue weighted by Crippen LogP contribution is -2.48. The fourth-order valence-electron chi connectivity index (χ4n) is 7.67. The number of carbonyl (C=O) groups is 5.